The molecular weight excluding hydrogens is 927 g/mol. The molecule has 0 spiro atoms. The monoisotopic (exact) mass is 992 g/mol. The molecule has 4 aromatic carbocycles. The van der Waals surface area contributed by atoms with Crippen molar-refractivity contribution in [3.8, 4) is 40.3 Å². The van der Waals surface area contributed by atoms with Gasteiger partial charge in [-0.25, -0.2) is 14.5 Å². The van der Waals surface area contributed by atoms with Gasteiger partial charge in [-0.15, -0.1) is 0 Å². The van der Waals surface area contributed by atoms with Crippen molar-refractivity contribution < 1.29 is 29.6 Å². The average Bonchev–Trinajstić information content (AvgIpc) is 3.79. The number of aromatic hydroxyl groups is 3. The summed E-state index contributed by atoms with van der Waals surface area (Å²) in [6.45, 7) is 18.3. The number of aromatic nitrogens is 5. The van der Waals surface area contributed by atoms with Crippen molar-refractivity contribution in [3.05, 3.63) is 118 Å². The number of carbonyl (C=O) groups excluding carboxylic acids is 2. The maximum absolute atomic E-state index is 13.6. The number of anilines is 2. The van der Waals surface area contributed by atoms with Crippen molar-refractivity contribution in [1.29, 1.82) is 0 Å². The van der Waals surface area contributed by atoms with Gasteiger partial charge in [0, 0.05) is 114 Å². The Morgan fingerprint density at radius 3 is 2.30 bits per heavy atom. The molecule has 73 heavy (non-hydrogen) atoms. The third-order valence-electron chi connectivity index (χ3n) is 15.0. The van der Waals surface area contributed by atoms with Crippen molar-refractivity contribution in [1.82, 2.24) is 44.3 Å². The fourth-order valence-corrected chi connectivity index (χ4v) is 10.9. The quantitative estimate of drug-likeness (QED) is 0.0979. The van der Waals surface area contributed by atoms with E-state index in [1.807, 2.05) is 67.3 Å². The number of hydrogen-bond donors (Lipinski definition) is 4. The molecule has 4 aliphatic heterocycles. The summed E-state index contributed by atoms with van der Waals surface area (Å²) in [5.74, 6) is 1.63. The number of fused-ring (bicyclic) bond motifs is 2. The molecule has 6 aromatic rings. The summed E-state index contributed by atoms with van der Waals surface area (Å²) in [7, 11) is 0. The van der Waals surface area contributed by atoms with E-state index in [2.05, 4.69) is 42.4 Å². The van der Waals surface area contributed by atoms with Gasteiger partial charge in [-0.05, 0) is 78.0 Å². The summed E-state index contributed by atoms with van der Waals surface area (Å²) in [5, 5.41) is 40.5. The lowest BCUT2D eigenvalue weighted by molar-refractivity contribution is -0.133. The molecule has 0 atom stereocenters. The Kier molecular flexibility index (Phi) is 14.4. The fourth-order valence-electron chi connectivity index (χ4n) is 10.9. The van der Waals surface area contributed by atoms with Crippen LogP contribution in [0, 0.1) is 5.92 Å². The van der Waals surface area contributed by atoms with Crippen LogP contribution in [0.4, 0.5) is 11.5 Å². The highest BCUT2D eigenvalue weighted by Crippen LogP contribution is 2.39. The molecule has 0 aliphatic carbocycles. The SMILES string of the molecule is C=CC(=O)N1CCN(c2nc(OCCC(=O)N3CCC(CN4CCN(Cc5ccc(-n6c(-c7cc(C(C)C)c(O)cc7O)n[nH]c6=O)cc5)CC4)CC3)nc3c2CCN(c2cc(O)cc4ccccc24)C3)CC1. The number of amides is 2. The molecule has 0 bridgehead atoms. The van der Waals surface area contributed by atoms with Crippen LogP contribution >= 0.6 is 0 Å². The zero-order valence-corrected chi connectivity index (χ0v) is 41.7. The molecule has 18 nitrogen and oxygen atoms in total. The van der Waals surface area contributed by atoms with E-state index < -0.39 is 5.69 Å². The lowest BCUT2D eigenvalue weighted by Gasteiger charge is -2.39. The topological polar surface area (TPSA) is 200 Å². The second-order valence-corrected chi connectivity index (χ2v) is 20.1. The Balaban J connectivity index is 0.700. The van der Waals surface area contributed by atoms with Crippen LogP contribution in [-0.2, 0) is 29.1 Å². The number of likely N-dealkylation sites (tertiary alicyclic amines) is 1. The van der Waals surface area contributed by atoms with Crippen molar-refractivity contribution in [2.45, 2.75) is 58.5 Å². The molecule has 18 heteroatoms. The molecule has 3 fully saturated rings. The Bertz CT molecular complexity index is 3040. The summed E-state index contributed by atoms with van der Waals surface area (Å²) in [6, 6.07) is 22.7. The van der Waals surface area contributed by atoms with Crippen LogP contribution in [0.25, 0.3) is 27.8 Å². The minimum Gasteiger partial charge on any atom is -0.508 e. The molecule has 4 aliphatic rings. The number of aromatic amines is 1. The zero-order valence-electron chi connectivity index (χ0n) is 41.7. The highest BCUT2D eigenvalue weighted by atomic mass is 16.5. The molecule has 2 aromatic heterocycles. The fraction of sp³-hybridized carbons (Fsp3) is 0.418. The van der Waals surface area contributed by atoms with Gasteiger partial charge in [0.15, 0.2) is 5.82 Å². The predicted molar refractivity (Wildman–Crippen MR) is 280 cm³/mol. The van der Waals surface area contributed by atoms with Crippen molar-refractivity contribution in [3.63, 3.8) is 0 Å². The van der Waals surface area contributed by atoms with Gasteiger partial charge in [0.25, 0.3) is 0 Å². The van der Waals surface area contributed by atoms with Gasteiger partial charge in [-0.1, -0.05) is 56.8 Å². The normalized spacial score (nSPS) is 17.1. The molecule has 3 saturated heterocycles. The number of hydrogen-bond acceptors (Lipinski definition) is 14. The number of phenols is 3. The maximum Gasteiger partial charge on any atom is 0.348 e. The van der Waals surface area contributed by atoms with E-state index in [0.29, 0.717) is 68.4 Å². The van der Waals surface area contributed by atoms with Gasteiger partial charge in [0.05, 0.1) is 29.9 Å². The Morgan fingerprint density at radius 1 is 0.822 bits per heavy atom. The lowest BCUT2D eigenvalue weighted by atomic mass is 9.95. The number of H-pyrrole nitrogens is 1. The minimum atomic E-state index is -0.422. The first-order valence-electron chi connectivity index (χ1n) is 25.6. The van der Waals surface area contributed by atoms with E-state index in [-0.39, 0.29) is 59.8 Å². The summed E-state index contributed by atoms with van der Waals surface area (Å²) in [6.07, 6.45) is 4.19. The number of nitrogens with one attached hydrogen (secondary N) is 1. The highest BCUT2D eigenvalue weighted by Gasteiger charge is 2.31. The van der Waals surface area contributed by atoms with E-state index in [0.717, 1.165) is 104 Å². The smallest absolute Gasteiger partial charge is 0.348 e. The summed E-state index contributed by atoms with van der Waals surface area (Å²) in [5.41, 5.74) is 5.18. The maximum atomic E-state index is 13.6. The van der Waals surface area contributed by atoms with Crippen LogP contribution in [-0.4, -0.2) is 157 Å². The first-order chi connectivity index (χ1) is 35.4. The first kappa shape index (κ1) is 49.2. The number of carbonyl (C=O) groups is 2. The largest absolute Gasteiger partial charge is 0.508 e. The van der Waals surface area contributed by atoms with Gasteiger partial charge in [-0.3, -0.25) is 14.5 Å². The highest BCUT2D eigenvalue weighted by molar-refractivity contribution is 5.96. The Labute approximate surface area is 424 Å². The van der Waals surface area contributed by atoms with Crippen LogP contribution in [0.3, 0.4) is 0 Å². The molecule has 6 heterocycles. The summed E-state index contributed by atoms with van der Waals surface area (Å²) >= 11 is 0. The zero-order chi connectivity index (χ0) is 50.8. The molecule has 0 unspecified atom stereocenters. The molecule has 10 rings (SSSR count). The molecule has 0 saturated carbocycles. The average molecular weight is 992 g/mol. The lowest BCUT2D eigenvalue weighted by Crippen LogP contribution is -2.49. The molecule has 2 amide bonds. The van der Waals surface area contributed by atoms with Gasteiger partial charge in [0.2, 0.25) is 11.8 Å². The van der Waals surface area contributed by atoms with E-state index in [1.54, 1.807) is 17.0 Å². The minimum absolute atomic E-state index is 0.00240. The van der Waals surface area contributed by atoms with Crippen LogP contribution in [0.15, 0.2) is 90.2 Å². The molecular formula is C55H65N11O7. The van der Waals surface area contributed by atoms with Crippen LogP contribution in [0.1, 0.15) is 61.4 Å². The summed E-state index contributed by atoms with van der Waals surface area (Å²) < 4.78 is 7.66. The third kappa shape index (κ3) is 10.7. The molecule has 0 radical (unpaired) electrons. The van der Waals surface area contributed by atoms with Crippen molar-refractivity contribution in [2.75, 3.05) is 94.9 Å². The van der Waals surface area contributed by atoms with Gasteiger partial charge < -0.3 is 44.6 Å². The van der Waals surface area contributed by atoms with E-state index in [1.165, 1.54) is 16.7 Å². The van der Waals surface area contributed by atoms with E-state index in [9.17, 15) is 29.7 Å². The standard InChI is InChI=1S/C55H65N11O7/c1-4-50(70)63-24-26-64(27-25-63)52-43-15-19-65(47-30-41(67)29-39-7-5-6-8-42(39)47)35-46(43)56-54(57-52)73-28-16-51(71)62-17-13-38(14-18-62)34-61-22-20-60(21-23-61)33-37-9-11-40(12-10-37)66-53(58-59-55(66)72)45-31-44(36(2)3)48(68)32-49(45)69/h4-12,29-32,36,38,67-69H,1,13-28,33-35H2,2-3H3,(H,59,72). The molecule has 4 N–H and O–H groups in total. The van der Waals surface area contributed by atoms with Gasteiger partial charge >= 0.3 is 11.7 Å². The van der Waals surface area contributed by atoms with Crippen molar-refractivity contribution >= 4 is 34.1 Å². The number of rotatable bonds is 14. The number of piperazine rings is 2. The number of ether oxygens (including phenoxy) is 1. The van der Waals surface area contributed by atoms with Crippen LogP contribution in [0.5, 0.6) is 23.3 Å². The number of benzene rings is 4. The van der Waals surface area contributed by atoms with E-state index in [4.69, 9.17) is 14.7 Å². The second-order valence-electron chi connectivity index (χ2n) is 20.1. The van der Waals surface area contributed by atoms with E-state index >= 15 is 0 Å². The van der Waals surface area contributed by atoms with Crippen LogP contribution in [0.2, 0.25) is 0 Å². The first-order valence-corrected chi connectivity index (χ1v) is 25.6. The predicted octanol–water partition coefficient (Wildman–Crippen LogP) is 5.63. The van der Waals surface area contributed by atoms with Gasteiger partial charge in [-0.2, -0.15) is 15.1 Å². The van der Waals surface area contributed by atoms with Gasteiger partial charge in [0.1, 0.15) is 29.7 Å². The van der Waals surface area contributed by atoms with Crippen LogP contribution < -0.4 is 20.2 Å². The van der Waals surface area contributed by atoms with Crippen molar-refractivity contribution in [2.24, 2.45) is 5.92 Å². The molecule has 382 valence electrons. The summed E-state index contributed by atoms with van der Waals surface area (Å²) in [4.78, 5) is 62.0. The number of phenolic OH excluding ortho intramolecular Hbond substituents is 3. The number of piperidine rings is 1. The Hall–Kier alpha value is -7.44. The third-order valence-corrected chi connectivity index (χ3v) is 15.0. The second kappa shape index (κ2) is 21.3. The number of nitrogens with zero attached hydrogens (tertiary/aromatic N) is 10. The Morgan fingerprint density at radius 2 is 1.56 bits per heavy atom.